The number of anilines is 2. The molecule has 25 heavy (non-hydrogen) atoms. The van der Waals surface area contributed by atoms with E-state index in [-0.39, 0.29) is 12.5 Å². The van der Waals surface area contributed by atoms with Crippen LogP contribution in [0.1, 0.15) is 5.56 Å². The Balaban J connectivity index is 1.58. The summed E-state index contributed by atoms with van der Waals surface area (Å²) in [5, 5.41) is 5.68. The van der Waals surface area contributed by atoms with E-state index in [0.717, 1.165) is 17.7 Å². The van der Waals surface area contributed by atoms with Crippen molar-refractivity contribution in [2.75, 3.05) is 30.4 Å². The molecule has 0 aliphatic carbocycles. The van der Waals surface area contributed by atoms with E-state index in [0.29, 0.717) is 23.0 Å². The predicted molar refractivity (Wildman–Crippen MR) is 97.5 cm³/mol. The zero-order valence-electron chi connectivity index (χ0n) is 13.7. The normalized spacial score (nSPS) is 12.5. The van der Waals surface area contributed by atoms with Crippen LogP contribution in [0, 0.1) is 0 Å². The van der Waals surface area contributed by atoms with Gasteiger partial charge in [0.15, 0.2) is 0 Å². The third-order valence-electron chi connectivity index (χ3n) is 4.00. The number of carbonyl (C=O) groups excluding carboxylic acids is 2. The SMILES string of the molecule is COc1ccc(Cl)cc1NC(=O)NCC(=O)N1CCc2ccccc21. The van der Waals surface area contributed by atoms with Crippen molar-refractivity contribution in [3.05, 3.63) is 53.1 Å². The molecule has 0 saturated heterocycles. The number of carbonyl (C=O) groups is 2. The maximum Gasteiger partial charge on any atom is 0.319 e. The Kier molecular flexibility index (Phi) is 5.09. The number of benzene rings is 2. The molecule has 0 bridgehead atoms. The molecular weight excluding hydrogens is 342 g/mol. The number of urea groups is 1. The van der Waals surface area contributed by atoms with Gasteiger partial charge in [-0.05, 0) is 36.2 Å². The molecule has 6 nitrogen and oxygen atoms in total. The molecule has 0 saturated carbocycles. The molecule has 0 aromatic heterocycles. The van der Waals surface area contributed by atoms with Crippen LogP contribution in [-0.4, -0.2) is 32.1 Å². The summed E-state index contributed by atoms with van der Waals surface area (Å²) in [7, 11) is 1.50. The molecule has 0 fully saturated rings. The molecule has 0 spiro atoms. The average Bonchev–Trinajstić information content (AvgIpc) is 3.04. The summed E-state index contributed by atoms with van der Waals surface area (Å²) < 4.78 is 5.17. The van der Waals surface area contributed by atoms with Crippen LogP contribution in [0.3, 0.4) is 0 Å². The summed E-state index contributed by atoms with van der Waals surface area (Å²) in [6, 6.07) is 12.2. The fourth-order valence-corrected chi connectivity index (χ4v) is 2.97. The number of nitrogens with zero attached hydrogens (tertiary/aromatic N) is 1. The summed E-state index contributed by atoms with van der Waals surface area (Å²) in [6.45, 7) is 0.534. The molecule has 3 amide bonds. The van der Waals surface area contributed by atoms with Gasteiger partial charge in [0.05, 0.1) is 19.3 Å². The topological polar surface area (TPSA) is 70.7 Å². The van der Waals surface area contributed by atoms with Crippen molar-refractivity contribution in [1.82, 2.24) is 5.32 Å². The van der Waals surface area contributed by atoms with Crippen LogP contribution in [0.15, 0.2) is 42.5 Å². The number of methoxy groups -OCH3 is 1. The number of para-hydroxylation sites is 1. The van der Waals surface area contributed by atoms with Gasteiger partial charge in [-0.25, -0.2) is 4.79 Å². The molecule has 0 atom stereocenters. The third-order valence-corrected chi connectivity index (χ3v) is 4.23. The zero-order valence-corrected chi connectivity index (χ0v) is 14.5. The molecule has 130 valence electrons. The highest BCUT2D eigenvalue weighted by Crippen LogP contribution is 2.28. The first-order chi connectivity index (χ1) is 12.1. The minimum atomic E-state index is -0.499. The third kappa shape index (κ3) is 3.85. The van der Waals surface area contributed by atoms with Gasteiger partial charge in [-0.15, -0.1) is 0 Å². The number of rotatable bonds is 4. The molecule has 2 N–H and O–H groups in total. The Morgan fingerprint density at radius 3 is 2.84 bits per heavy atom. The monoisotopic (exact) mass is 359 g/mol. The molecular formula is C18H18ClN3O3. The van der Waals surface area contributed by atoms with Gasteiger partial charge < -0.3 is 20.3 Å². The summed E-state index contributed by atoms with van der Waals surface area (Å²) in [5.74, 6) is 0.331. The largest absolute Gasteiger partial charge is 0.495 e. The quantitative estimate of drug-likeness (QED) is 0.881. The van der Waals surface area contributed by atoms with E-state index < -0.39 is 6.03 Å². The Labute approximate surface area is 150 Å². The Hall–Kier alpha value is -2.73. The number of halogens is 1. The molecule has 1 aliphatic heterocycles. The number of hydrogen-bond donors (Lipinski definition) is 2. The standard InChI is InChI=1S/C18H18ClN3O3/c1-25-16-7-6-13(19)10-14(16)21-18(24)20-11-17(23)22-9-8-12-4-2-3-5-15(12)22/h2-7,10H,8-9,11H2,1H3,(H2,20,21,24). The molecule has 7 heteroatoms. The average molecular weight is 360 g/mol. The van der Waals surface area contributed by atoms with Crippen molar-refractivity contribution >= 4 is 34.9 Å². The number of fused-ring (bicyclic) bond motifs is 1. The highest BCUT2D eigenvalue weighted by Gasteiger charge is 2.24. The summed E-state index contributed by atoms with van der Waals surface area (Å²) in [5.41, 5.74) is 2.49. The van der Waals surface area contributed by atoms with Crippen LogP contribution in [0.2, 0.25) is 5.02 Å². The van der Waals surface area contributed by atoms with Crippen molar-refractivity contribution in [2.45, 2.75) is 6.42 Å². The Morgan fingerprint density at radius 2 is 2.04 bits per heavy atom. The van der Waals surface area contributed by atoms with Crippen LogP contribution in [-0.2, 0) is 11.2 Å². The maximum absolute atomic E-state index is 12.4. The van der Waals surface area contributed by atoms with Gasteiger partial charge in [0.25, 0.3) is 0 Å². The van der Waals surface area contributed by atoms with E-state index in [2.05, 4.69) is 10.6 Å². The van der Waals surface area contributed by atoms with Gasteiger partial charge in [0.1, 0.15) is 5.75 Å². The van der Waals surface area contributed by atoms with E-state index in [1.807, 2.05) is 24.3 Å². The minimum absolute atomic E-state index is 0.0942. The Bertz CT molecular complexity index is 810. The molecule has 2 aromatic rings. The lowest BCUT2D eigenvalue weighted by molar-refractivity contribution is -0.117. The van der Waals surface area contributed by atoms with E-state index in [1.165, 1.54) is 7.11 Å². The van der Waals surface area contributed by atoms with Gasteiger partial charge in [-0.3, -0.25) is 4.79 Å². The van der Waals surface area contributed by atoms with Crippen molar-refractivity contribution < 1.29 is 14.3 Å². The molecule has 1 heterocycles. The Morgan fingerprint density at radius 1 is 1.24 bits per heavy atom. The lowest BCUT2D eigenvalue weighted by Crippen LogP contribution is -2.41. The first kappa shape index (κ1) is 17.1. The van der Waals surface area contributed by atoms with Gasteiger partial charge in [-0.2, -0.15) is 0 Å². The zero-order chi connectivity index (χ0) is 17.8. The molecule has 0 unspecified atom stereocenters. The summed E-state index contributed by atoms with van der Waals surface area (Å²) >= 11 is 5.93. The lowest BCUT2D eigenvalue weighted by atomic mass is 10.2. The second-order valence-corrected chi connectivity index (χ2v) is 6.01. The van der Waals surface area contributed by atoms with Gasteiger partial charge in [0, 0.05) is 17.3 Å². The maximum atomic E-state index is 12.4. The van der Waals surface area contributed by atoms with E-state index >= 15 is 0 Å². The fourth-order valence-electron chi connectivity index (χ4n) is 2.79. The number of hydrogen-bond acceptors (Lipinski definition) is 3. The van der Waals surface area contributed by atoms with Crippen molar-refractivity contribution in [1.29, 1.82) is 0 Å². The number of amides is 3. The van der Waals surface area contributed by atoms with E-state index in [1.54, 1.807) is 23.1 Å². The van der Waals surface area contributed by atoms with Gasteiger partial charge in [0.2, 0.25) is 5.91 Å². The minimum Gasteiger partial charge on any atom is -0.495 e. The van der Waals surface area contributed by atoms with Crippen LogP contribution in [0.5, 0.6) is 5.75 Å². The molecule has 0 radical (unpaired) electrons. The fraction of sp³-hybridized carbons (Fsp3) is 0.222. The van der Waals surface area contributed by atoms with Crippen molar-refractivity contribution in [3.63, 3.8) is 0 Å². The lowest BCUT2D eigenvalue weighted by Gasteiger charge is -2.18. The van der Waals surface area contributed by atoms with Crippen molar-refractivity contribution in [2.24, 2.45) is 0 Å². The first-order valence-corrected chi connectivity index (χ1v) is 8.23. The van der Waals surface area contributed by atoms with Crippen LogP contribution >= 0.6 is 11.6 Å². The van der Waals surface area contributed by atoms with E-state index in [4.69, 9.17) is 16.3 Å². The van der Waals surface area contributed by atoms with Crippen molar-refractivity contribution in [3.8, 4) is 5.75 Å². The van der Waals surface area contributed by atoms with Crippen LogP contribution in [0.4, 0.5) is 16.2 Å². The number of ether oxygens (including phenoxy) is 1. The first-order valence-electron chi connectivity index (χ1n) is 7.85. The molecule has 1 aliphatic rings. The highest BCUT2D eigenvalue weighted by molar-refractivity contribution is 6.31. The van der Waals surface area contributed by atoms with Gasteiger partial charge >= 0.3 is 6.03 Å². The van der Waals surface area contributed by atoms with Crippen LogP contribution < -0.4 is 20.3 Å². The number of nitrogens with one attached hydrogen (secondary N) is 2. The summed E-state index contributed by atoms with van der Waals surface area (Å²) in [4.78, 5) is 26.1. The predicted octanol–water partition coefficient (Wildman–Crippen LogP) is 3.06. The molecule has 2 aromatic carbocycles. The highest BCUT2D eigenvalue weighted by atomic mass is 35.5. The smallest absolute Gasteiger partial charge is 0.319 e. The van der Waals surface area contributed by atoms with Crippen LogP contribution in [0.25, 0.3) is 0 Å². The summed E-state index contributed by atoms with van der Waals surface area (Å²) in [6.07, 6.45) is 0.827. The van der Waals surface area contributed by atoms with Gasteiger partial charge in [-0.1, -0.05) is 29.8 Å². The second-order valence-electron chi connectivity index (χ2n) is 5.58. The molecule has 3 rings (SSSR count). The second kappa shape index (κ2) is 7.44. The van der Waals surface area contributed by atoms with E-state index in [9.17, 15) is 9.59 Å².